The van der Waals surface area contributed by atoms with E-state index in [9.17, 15) is 9.90 Å². The Bertz CT molecular complexity index is 715. The summed E-state index contributed by atoms with van der Waals surface area (Å²) in [5.41, 5.74) is 1.29. The van der Waals surface area contributed by atoms with E-state index in [0.29, 0.717) is 11.1 Å². The lowest BCUT2D eigenvalue weighted by Crippen LogP contribution is -2.38. The number of carbonyl (C=O) groups is 1. The van der Waals surface area contributed by atoms with Gasteiger partial charge in [-0.25, -0.2) is 0 Å². The molecule has 1 aliphatic rings. The summed E-state index contributed by atoms with van der Waals surface area (Å²) in [5.74, 6) is -0.186. The molecule has 0 aliphatic carbocycles. The van der Waals surface area contributed by atoms with Crippen LogP contribution in [-0.4, -0.2) is 40.4 Å². The average Bonchev–Trinajstić information content (AvgIpc) is 3.08. The maximum atomic E-state index is 12.4. The lowest BCUT2D eigenvalue weighted by Gasteiger charge is -2.28. The Balaban J connectivity index is 1.59. The first-order chi connectivity index (χ1) is 12.0. The highest BCUT2D eigenvalue weighted by Crippen LogP contribution is 2.21. The average molecular weight is 342 g/mol. The van der Waals surface area contributed by atoms with Crippen LogP contribution in [0.3, 0.4) is 0 Å². The van der Waals surface area contributed by atoms with Gasteiger partial charge in [-0.05, 0) is 50.5 Å². The third-order valence-corrected chi connectivity index (χ3v) is 4.77. The van der Waals surface area contributed by atoms with E-state index in [2.05, 4.69) is 15.3 Å². The number of nitrogens with zero attached hydrogens (tertiary/aromatic N) is 3. The highest BCUT2D eigenvalue weighted by molar-refractivity contribution is 5.94. The van der Waals surface area contributed by atoms with Gasteiger partial charge in [0.1, 0.15) is 5.60 Å². The number of amides is 1. The summed E-state index contributed by atoms with van der Waals surface area (Å²) < 4.78 is 1.63. The molecular weight excluding hydrogens is 316 g/mol. The molecule has 1 amide bonds. The molecule has 0 saturated carbocycles. The maximum Gasteiger partial charge on any atom is 0.251 e. The first-order valence-electron chi connectivity index (χ1n) is 8.80. The van der Waals surface area contributed by atoms with Crippen LogP contribution in [0, 0.1) is 0 Å². The molecule has 0 bridgehead atoms. The molecule has 2 heterocycles. The van der Waals surface area contributed by atoms with Crippen LogP contribution >= 0.6 is 0 Å². The number of benzene rings is 1. The van der Waals surface area contributed by atoms with Crippen molar-refractivity contribution in [1.82, 2.24) is 15.1 Å². The molecular formula is C19H26N4O2. The molecule has 1 fully saturated rings. The van der Waals surface area contributed by atoms with E-state index in [-0.39, 0.29) is 12.5 Å². The number of aliphatic hydroxyl groups is 1. The second-order valence-corrected chi connectivity index (χ2v) is 6.95. The van der Waals surface area contributed by atoms with Gasteiger partial charge in [0, 0.05) is 43.1 Å². The van der Waals surface area contributed by atoms with Gasteiger partial charge >= 0.3 is 0 Å². The van der Waals surface area contributed by atoms with E-state index < -0.39 is 5.60 Å². The molecule has 3 rings (SSSR count). The predicted molar refractivity (Wildman–Crippen MR) is 97.6 cm³/mol. The number of piperidine rings is 1. The van der Waals surface area contributed by atoms with Crippen molar-refractivity contribution >= 4 is 11.6 Å². The minimum absolute atomic E-state index is 0.130. The first kappa shape index (κ1) is 17.5. The molecule has 1 saturated heterocycles. The van der Waals surface area contributed by atoms with Crippen LogP contribution in [0.25, 0.3) is 0 Å². The Hall–Kier alpha value is -2.34. The fourth-order valence-corrected chi connectivity index (χ4v) is 3.13. The number of rotatable bonds is 5. The second kappa shape index (κ2) is 7.27. The van der Waals surface area contributed by atoms with E-state index in [1.54, 1.807) is 31.0 Å². The normalized spacial score (nSPS) is 17.2. The highest BCUT2D eigenvalue weighted by atomic mass is 16.3. The molecule has 1 aromatic carbocycles. The number of aromatic nitrogens is 2. The van der Waals surface area contributed by atoms with Gasteiger partial charge in [0.2, 0.25) is 0 Å². The molecule has 134 valence electrons. The fourth-order valence-electron chi connectivity index (χ4n) is 3.13. The van der Waals surface area contributed by atoms with Crippen LogP contribution < -0.4 is 10.2 Å². The van der Waals surface area contributed by atoms with E-state index in [1.165, 1.54) is 24.9 Å². The Morgan fingerprint density at radius 3 is 2.52 bits per heavy atom. The van der Waals surface area contributed by atoms with Crippen LogP contribution in [0.15, 0.2) is 36.7 Å². The molecule has 25 heavy (non-hydrogen) atoms. The number of nitrogens with one attached hydrogen (secondary N) is 1. The van der Waals surface area contributed by atoms with Crippen LogP contribution in [0.1, 0.15) is 42.1 Å². The smallest absolute Gasteiger partial charge is 0.251 e. The minimum atomic E-state index is -1.16. The van der Waals surface area contributed by atoms with E-state index in [0.717, 1.165) is 13.1 Å². The molecule has 6 nitrogen and oxygen atoms in total. The van der Waals surface area contributed by atoms with Gasteiger partial charge in [-0.3, -0.25) is 9.48 Å². The van der Waals surface area contributed by atoms with Crippen molar-refractivity contribution in [3.63, 3.8) is 0 Å². The number of hydrogen-bond donors (Lipinski definition) is 2. The maximum absolute atomic E-state index is 12.4. The van der Waals surface area contributed by atoms with Crippen molar-refractivity contribution in [3.8, 4) is 0 Å². The number of anilines is 1. The summed E-state index contributed by atoms with van der Waals surface area (Å²) in [7, 11) is 1.79. The fraction of sp³-hybridized carbons (Fsp3) is 0.474. The topological polar surface area (TPSA) is 70.4 Å². The largest absolute Gasteiger partial charge is 0.383 e. The summed E-state index contributed by atoms with van der Waals surface area (Å²) in [5, 5.41) is 17.4. The van der Waals surface area contributed by atoms with Crippen molar-refractivity contribution < 1.29 is 9.90 Å². The SMILES string of the molecule is Cn1cc(C(C)(O)CNC(=O)c2ccc(N3CCCCC3)cc2)cn1. The van der Waals surface area contributed by atoms with E-state index in [1.807, 2.05) is 24.3 Å². The summed E-state index contributed by atoms with van der Waals surface area (Å²) in [6.07, 6.45) is 7.12. The molecule has 2 N–H and O–H groups in total. The molecule has 1 aliphatic heterocycles. The zero-order valence-corrected chi connectivity index (χ0v) is 14.9. The molecule has 1 aromatic heterocycles. The number of carbonyl (C=O) groups excluding carboxylic acids is 1. The van der Waals surface area contributed by atoms with Gasteiger partial charge in [-0.2, -0.15) is 5.10 Å². The zero-order chi connectivity index (χ0) is 17.9. The third-order valence-electron chi connectivity index (χ3n) is 4.77. The lowest BCUT2D eigenvalue weighted by atomic mass is 9.99. The van der Waals surface area contributed by atoms with E-state index >= 15 is 0 Å². The lowest BCUT2D eigenvalue weighted by molar-refractivity contribution is 0.0526. The Morgan fingerprint density at radius 2 is 1.92 bits per heavy atom. The van der Waals surface area contributed by atoms with Crippen LogP contribution in [-0.2, 0) is 12.6 Å². The van der Waals surface area contributed by atoms with Gasteiger partial charge in [0.05, 0.1) is 12.7 Å². The molecule has 6 heteroatoms. The number of aryl methyl sites for hydroxylation is 1. The van der Waals surface area contributed by atoms with Gasteiger partial charge in [0.25, 0.3) is 5.91 Å². The number of hydrogen-bond acceptors (Lipinski definition) is 4. The van der Waals surface area contributed by atoms with Crippen molar-refractivity contribution in [2.75, 3.05) is 24.5 Å². The van der Waals surface area contributed by atoms with Gasteiger partial charge in [-0.1, -0.05) is 0 Å². The van der Waals surface area contributed by atoms with E-state index in [4.69, 9.17) is 0 Å². The third kappa shape index (κ3) is 4.20. The van der Waals surface area contributed by atoms with Crippen molar-refractivity contribution in [1.29, 1.82) is 0 Å². The Morgan fingerprint density at radius 1 is 1.24 bits per heavy atom. The van der Waals surface area contributed by atoms with Crippen molar-refractivity contribution in [2.24, 2.45) is 7.05 Å². The molecule has 0 radical (unpaired) electrons. The molecule has 1 unspecified atom stereocenters. The Kier molecular flexibility index (Phi) is 5.08. The molecule has 2 aromatic rings. The Labute approximate surface area is 148 Å². The van der Waals surface area contributed by atoms with Crippen LogP contribution in [0.2, 0.25) is 0 Å². The van der Waals surface area contributed by atoms with Gasteiger partial charge in [-0.15, -0.1) is 0 Å². The summed E-state index contributed by atoms with van der Waals surface area (Å²) >= 11 is 0. The standard InChI is InChI=1S/C19H26N4O2/c1-19(25,16-12-21-22(2)13-16)14-20-18(24)15-6-8-17(9-7-15)23-10-4-3-5-11-23/h6-9,12-13,25H,3-5,10-11,14H2,1-2H3,(H,20,24). The summed E-state index contributed by atoms with van der Waals surface area (Å²) in [4.78, 5) is 14.7. The molecule has 0 spiro atoms. The second-order valence-electron chi connectivity index (χ2n) is 6.95. The quantitative estimate of drug-likeness (QED) is 0.872. The van der Waals surface area contributed by atoms with Gasteiger partial charge in [0.15, 0.2) is 0 Å². The highest BCUT2D eigenvalue weighted by Gasteiger charge is 2.25. The zero-order valence-electron chi connectivity index (χ0n) is 14.9. The first-order valence-corrected chi connectivity index (χ1v) is 8.80. The summed E-state index contributed by atoms with van der Waals surface area (Å²) in [6, 6.07) is 7.69. The predicted octanol–water partition coefficient (Wildman–Crippen LogP) is 2.05. The minimum Gasteiger partial charge on any atom is -0.383 e. The van der Waals surface area contributed by atoms with Crippen molar-refractivity contribution in [3.05, 3.63) is 47.8 Å². The summed E-state index contributed by atoms with van der Waals surface area (Å²) in [6.45, 7) is 3.97. The van der Waals surface area contributed by atoms with Crippen LogP contribution in [0.4, 0.5) is 5.69 Å². The van der Waals surface area contributed by atoms with Crippen molar-refractivity contribution in [2.45, 2.75) is 31.8 Å². The van der Waals surface area contributed by atoms with Crippen LogP contribution in [0.5, 0.6) is 0 Å². The molecule has 1 atom stereocenters. The van der Waals surface area contributed by atoms with Gasteiger partial charge < -0.3 is 15.3 Å². The monoisotopic (exact) mass is 342 g/mol.